The summed E-state index contributed by atoms with van der Waals surface area (Å²) in [7, 11) is 3.24. The molecule has 3 nitrogen and oxygen atoms in total. The Hall–Kier alpha value is -1.81. The zero-order chi connectivity index (χ0) is 15.4. The summed E-state index contributed by atoms with van der Waals surface area (Å²) in [6.45, 7) is 4.18. The Bertz CT molecular complexity index is 681. The molecule has 2 aromatic carbocycles. The summed E-state index contributed by atoms with van der Waals surface area (Å²) >= 11 is 3.48. The van der Waals surface area contributed by atoms with Gasteiger partial charge in [-0.3, -0.25) is 4.99 Å². The van der Waals surface area contributed by atoms with Crippen LogP contribution >= 0.6 is 15.9 Å². The van der Waals surface area contributed by atoms with Gasteiger partial charge in [0.05, 0.1) is 24.4 Å². The van der Waals surface area contributed by atoms with Crippen LogP contribution < -0.4 is 9.47 Å². The van der Waals surface area contributed by atoms with E-state index in [0.717, 1.165) is 15.7 Å². The molecule has 0 unspecified atom stereocenters. The minimum Gasteiger partial charge on any atom is -0.493 e. The maximum atomic E-state index is 5.33. The molecule has 0 aromatic heterocycles. The fourth-order valence-corrected chi connectivity index (χ4v) is 2.59. The molecule has 0 saturated carbocycles. The second kappa shape index (κ2) is 6.76. The normalized spacial score (nSPS) is 10.9. The molecule has 0 amide bonds. The van der Waals surface area contributed by atoms with E-state index in [9.17, 15) is 0 Å². The van der Waals surface area contributed by atoms with Crippen LogP contribution in [0.4, 0.5) is 5.69 Å². The van der Waals surface area contributed by atoms with E-state index in [2.05, 4.69) is 46.9 Å². The van der Waals surface area contributed by atoms with Crippen LogP contribution in [0.2, 0.25) is 0 Å². The van der Waals surface area contributed by atoms with Crippen molar-refractivity contribution < 1.29 is 9.47 Å². The molecule has 0 saturated heterocycles. The molecule has 2 aromatic rings. The Morgan fingerprint density at radius 1 is 1.00 bits per heavy atom. The first-order valence-electron chi connectivity index (χ1n) is 6.58. The Morgan fingerprint density at radius 3 is 2.38 bits per heavy atom. The molecular formula is C17H18BrNO2. The van der Waals surface area contributed by atoms with Crippen molar-refractivity contribution in [2.75, 3.05) is 14.2 Å². The third-order valence-electron chi connectivity index (χ3n) is 3.31. The lowest BCUT2D eigenvalue weighted by Crippen LogP contribution is -1.93. The molecule has 0 aliphatic carbocycles. The Morgan fingerprint density at radius 2 is 1.76 bits per heavy atom. The van der Waals surface area contributed by atoms with Crippen molar-refractivity contribution in [3.8, 4) is 11.5 Å². The van der Waals surface area contributed by atoms with Crippen molar-refractivity contribution in [2.24, 2.45) is 4.99 Å². The van der Waals surface area contributed by atoms with E-state index in [4.69, 9.17) is 9.47 Å². The van der Waals surface area contributed by atoms with Crippen molar-refractivity contribution in [3.05, 3.63) is 51.5 Å². The lowest BCUT2D eigenvalue weighted by atomic mass is 10.1. The summed E-state index contributed by atoms with van der Waals surface area (Å²) in [6.07, 6.45) is 1.82. The number of methoxy groups -OCH3 is 2. The monoisotopic (exact) mass is 347 g/mol. The number of rotatable bonds is 4. The van der Waals surface area contributed by atoms with Gasteiger partial charge in [-0.05, 0) is 70.7 Å². The van der Waals surface area contributed by atoms with Crippen molar-refractivity contribution in [1.29, 1.82) is 0 Å². The van der Waals surface area contributed by atoms with E-state index in [0.29, 0.717) is 11.5 Å². The standard InChI is InChI=1S/C17H18BrNO2/c1-11-5-6-14(7-12(11)2)19-10-13-8-15(18)17(21-4)16(9-13)20-3/h5-10H,1-4H3. The van der Waals surface area contributed by atoms with Gasteiger partial charge in [-0.1, -0.05) is 6.07 Å². The average Bonchev–Trinajstić information content (AvgIpc) is 2.47. The van der Waals surface area contributed by atoms with E-state index in [1.54, 1.807) is 14.2 Å². The highest BCUT2D eigenvalue weighted by Crippen LogP contribution is 2.35. The SMILES string of the molecule is COc1cc(C=Nc2ccc(C)c(C)c2)cc(Br)c1OC. The van der Waals surface area contributed by atoms with Gasteiger partial charge >= 0.3 is 0 Å². The topological polar surface area (TPSA) is 30.8 Å². The lowest BCUT2D eigenvalue weighted by molar-refractivity contribution is 0.353. The van der Waals surface area contributed by atoms with Crippen molar-refractivity contribution in [3.63, 3.8) is 0 Å². The van der Waals surface area contributed by atoms with Crippen LogP contribution in [0.1, 0.15) is 16.7 Å². The van der Waals surface area contributed by atoms with Crippen LogP contribution in [0.15, 0.2) is 39.8 Å². The van der Waals surface area contributed by atoms with Gasteiger partial charge in [0.15, 0.2) is 11.5 Å². The highest BCUT2D eigenvalue weighted by atomic mass is 79.9. The number of aryl methyl sites for hydroxylation is 2. The van der Waals surface area contributed by atoms with Crippen LogP contribution in [-0.2, 0) is 0 Å². The van der Waals surface area contributed by atoms with Crippen LogP contribution in [0, 0.1) is 13.8 Å². The molecule has 0 bridgehead atoms. The number of aliphatic imine (C=N–C) groups is 1. The molecule has 0 aliphatic rings. The molecule has 2 rings (SSSR count). The third-order valence-corrected chi connectivity index (χ3v) is 3.90. The van der Waals surface area contributed by atoms with Gasteiger partial charge in [-0.15, -0.1) is 0 Å². The van der Waals surface area contributed by atoms with Crippen LogP contribution in [0.25, 0.3) is 0 Å². The maximum absolute atomic E-state index is 5.33. The smallest absolute Gasteiger partial charge is 0.174 e. The summed E-state index contributed by atoms with van der Waals surface area (Å²) in [4.78, 5) is 4.51. The third kappa shape index (κ3) is 3.64. The number of nitrogens with zero attached hydrogens (tertiary/aromatic N) is 1. The van der Waals surface area contributed by atoms with Crippen molar-refractivity contribution in [1.82, 2.24) is 0 Å². The number of halogens is 1. The predicted molar refractivity (Wildman–Crippen MR) is 90.4 cm³/mol. The van der Waals surface area contributed by atoms with Gasteiger partial charge in [0.2, 0.25) is 0 Å². The highest BCUT2D eigenvalue weighted by molar-refractivity contribution is 9.10. The summed E-state index contributed by atoms with van der Waals surface area (Å²) in [6, 6.07) is 10.0. The van der Waals surface area contributed by atoms with E-state index >= 15 is 0 Å². The van der Waals surface area contributed by atoms with Crippen LogP contribution in [0.3, 0.4) is 0 Å². The zero-order valence-electron chi connectivity index (χ0n) is 12.6. The van der Waals surface area contributed by atoms with Crippen LogP contribution in [-0.4, -0.2) is 20.4 Å². The first-order chi connectivity index (χ1) is 10.0. The molecule has 0 N–H and O–H groups in total. The molecule has 0 atom stereocenters. The molecule has 0 spiro atoms. The van der Waals surface area contributed by atoms with E-state index in [1.807, 2.05) is 24.4 Å². The highest BCUT2D eigenvalue weighted by Gasteiger charge is 2.09. The first-order valence-corrected chi connectivity index (χ1v) is 7.37. The van der Waals surface area contributed by atoms with Gasteiger partial charge in [-0.2, -0.15) is 0 Å². The van der Waals surface area contributed by atoms with Gasteiger partial charge < -0.3 is 9.47 Å². The number of benzene rings is 2. The largest absolute Gasteiger partial charge is 0.493 e. The summed E-state index contributed by atoms with van der Waals surface area (Å²) in [5.74, 6) is 1.36. The zero-order valence-corrected chi connectivity index (χ0v) is 14.2. The van der Waals surface area contributed by atoms with Crippen LogP contribution in [0.5, 0.6) is 11.5 Å². The van der Waals surface area contributed by atoms with Crippen molar-refractivity contribution >= 4 is 27.8 Å². The molecule has 0 aliphatic heterocycles. The summed E-state index contributed by atoms with van der Waals surface area (Å²) < 4.78 is 11.5. The summed E-state index contributed by atoms with van der Waals surface area (Å²) in [5, 5.41) is 0. The predicted octanol–water partition coefficient (Wildman–Crippen LogP) is 4.83. The fourth-order valence-electron chi connectivity index (χ4n) is 1.97. The Labute approximate surface area is 133 Å². The van der Waals surface area contributed by atoms with Gasteiger partial charge in [0.25, 0.3) is 0 Å². The van der Waals surface area contributed by atoms with E-state index in [1.165, 1.54) is 11.1 Å². The number of hydrogen-bond acceptors (Lipinski definition) is 3. The van der Waals surface area contributed by atoms with Gasteiger partial charge in [-0.25, -0.2) is 0 Å². The second-order valence-electron chi connectivity index (χ2n) is 4.76. The number of hydrogen-bond donors (Lipinski definition) is 0. The Balaban J connectivity index is 2.32. The van der Waals surface area contributed by atoms with E-state index in [-0.39, 0.29) is 0 Å². The molecule has 0 fully saturated rings. The van der Waals surface area contributed by atoms with Gasteiger partial charge in [0, 0.05) is 6.21 Å². The fraction of sp³-hybridized carbons (Fsp3) is 0.235. The first kappa shape index (κ1) is 15.6. The molecule has 4 heteroatoms. The quantitative estimate of drug-likeness (QED) is 0.741. The molecule has 110 valence electrons. The molecule has 0 heterocycles. The second-order valence-corrected chi connectivity index (χ2v) is 5.62. The lowest BCUT2D eigenvalue weighted by Gasteiger charge is -2.10. The van der Waals surface area contributed by atoms with Crippen molar-refractivity contribution in [2.45, 2.75) is 13.8 Å². The molecule has 0 radical (unpaired) electrons. The Kier molecular flexibility index (Phi) is 5.02. The minimum atomic E-state index is 0.674. The van der Waals surface area contributed by atoms with E-state index < -0.39 is 0 Å². The average molecular weight is 348 g/mol. The number of ether oxygens (including phenoxy) is 2. The maximum Gasteiger partial charge on any atom is 0.174 e. The molecular weight excluding hydrogens is 330 g/mol. The molecule has 21 heavy (non-hydrogen) atoms. The summed E-state index contributed by atoms with van der Waals surface area (Å²) in [5.41, 5.74) is 4.38. The minimum absolute atomic E-state index is 0.674. The van der Waals surface area contributed by atoms with Gasteiger partial charge in [0.1, 0.15) is 0 Å².